The average Bonchev–Trinajstić information content (AvgIpc) is 3.34. The summed E-state index contributed by atoms with van der Waals surface area (Å²) in [6, 6.07) is 22.2. The molecule has 0 bridgehead atoms. The van der Waals surface area contributed by atoms with Gasteiger partial charge in [0, 0.05) is 22.9 Å². The topological polar surface area (TPSA) is 216 Å². The van der Waals surface area contributed by atoms with Gasteiger partial charge in [0.2, 0.25) is 11.9 Å². The summed E-state index contributed by atoms with van der Waals surface area (Å²) >= 11 is 12.8. The lowest BCUT2D eigenvalue weighted by Crippen LogP contribution is -2.47. The van der Waals surface area contributed by atoms with E-state index >= 15 is 0 Å². The number of methoxy groups -OCH3 is 2. The van der Waals surface area contributed by atoms with Crippen LogP contribution in [0.5, 0.6) is 11.5 Å². The smallest absolute Gasteiger partial charge is 0.229 e. The first-order chi connectivity index (χ1) is 34.8. The van der Waals surface area contributed by atoms with Crippen molar-refractivity contribution in [2.45, 2.75) is 124 Å². The zero-order valence-electron chi connectivity index (χ0n) is 44.1. The van der Waals surface area contributed by atoms with Gasteiger partial charge in [-0.2, -0.15) is 9.97 Å². The van der Waals surface area contributed by atoms with Crippen molar-refractivity contribution in [2.75, 3.05) is 49.6 Å². The Morgan fingerprint density at radius 3 is 1.43 bits per heavy atom. The van der Waals surface area contributed by atoms with Gasteiger partial charge < -0.3 is 41.4 Å². The third-order valence-electron chi connectivity index (χ3n) is 14.1. The number of benzene rings is 4. The summed E-state index contributed by atoms with van der Waals surface area (Å²) in [5, 5.41) is 12.1. The number of nitrogens with zero attached hydrogens (tertiary/aromatic N) is 5. The maximum atomic E-state index is 12.9. The van der Waals surface area contributed by atoms with Gasteiger partial charge in [0.15, 0.2) is 31.3 Å². The first-order valence-corrected chi connectivity index (χ1v) is 28.3. The van der Waals surface area contributed by atoms with Gasteiger partial charge in [-0.25, -0.2) is 26.8 Å². The minimum atomic E-state index is -3.52. The van der Waals surface area contributed by atoms with Gasteiger partial charge in [-0.15, -0.1) is 0 Å². The SMILES string of the molecule is COc1cc2c(cc1Nc1ncc(Cl)c(Nc3ccccc3S(=O)(=O)C(C)C)n1)CCC(N(C)C)C2(C)C.COc1cc2c(cc1Nc1ncc(Cl)c(Nc3ccccc3S(=O)(=O)C(C)C)n1)CCC(N)C2(C)C. The fourth-order valence-electron chi connectivity index (χ4n) is 9.67. The lowest BCUT2D eigenvalue weighted by molar-refractivity contribution is 0.175. The number of aryl methyl sites for hydroxylation is 2. The van der Waals surface area contributed by atoms with E-state index in [4.69, 9.17) is 38.4 Å². The molecule has 0 fully saturated rings. The van der Waals surface area contributed by atoms with Crippen molar-refractivity contribution in [1.29, 1.82) is 0 Å². The number of halogens is 2. The first-order valence-electron chi connectivity index (χ1n) is 24.4. The highest BCUT2D eigenvalue weighted by atomic mass is 35.5. The fourth-order valence-corrected chi connectivity index (χ4v) is 12.4. The predicted molar refractivity (Wildman–Crippen MR) is 299 cm³/mol. The molecule has 6 N–H and O–H groups in total. The van der Waals surface area contributed by atoms with Gasteiger partial charge >= 0.3 is 0 Å². The van der Waals surface area contributed by atoms with Gasteiger partial charge in [-0.05, 0) is 138 Å². The molecule has 0 spiro atoms. The molecular formula is C54H68Cl2N10O6S2. The molecular weight excluding hydrogens is 1020 g/mol. The van der Waals surface area contributed by atoms with E-state index in [1.807, 2.05) is 6.07 Å². The number of hydrogen-bond donors (Lipinski definition) is 5. The molecule has 2 aromatic heterocycles. The molecule has 8 rings (SSSR count). The van der Waals surface area contributed by atoms with Crippen LogP contribution in [0, 0.1) is 0 Å². The van der Waals surface area contributed by atoms with Gasteiger partial charge in [-0.1, -0.05) is 75.2 Å². The van der Waals surface area contributed by atoms with Gasteiger partial charge in [0.25, 0.3) is 0 Å². The zero-order valence-corrected chi connectivity index (χ0v) is 47.2. The summed E-state index contributed by atoms with van der Waals surface area (Å²) in [5.41, 5.74) is 13.4. The molecule has 2 atom stereocenters. The highest BCUT2D eigenvalue weighted by Gasteiger charge is 2.39. The molecule has 0 aliphatic heterocycles. The van der Waals surface area contributed by atoms with E-state index in [0.29, 0.717) is 40.7 Å². The number of nitrogens with two attached hydrogens (primary N) is 1. The Hall–Kier alpha value is -5.76. The number of anilines is 8. The highest BCUT2D eigenvalue weighted by Crippen LogP contribution is 2.45. The molecule has 396 valence electrons. The molecule has 0 amide bonds. The summed E-state index contributed by atoms with van der Waals surface area (Å²) in [7, 11) is 0.481. The standard InChI is InChI=1S/C28H36ClN5O3S.C26H32ClN5O3S/c1-17(2)38(35,36)24-11-9-8-10-21(24)31-26-20(29)16-30-27(33-26)32-22-14-18-12-13-25(34(5)6)28(3,4)19(18)15-23(22)37-7;1-15(2)36(33,34)22-9-7-6-8-19(22)30-24-18(27)14-29-25(32-24)31-20-12-16-10-11-23(28)26(3,4)17(16)13-21(20)35-5/h8-11,14-17,25H,12-13H2,1-7H3,(H2,30,31,32,33);6-9,12-15,23H,10-11,28H2,1-5H3,(H2,29,30,31,32). The molecule has 4 aromatic carbocycles. The second-order valence-corrected chi connectivity index (χ2v) is 26.2. The Morgan fingerprint density at radius 2 is 1.03 bits per heavy atom. The summed E-state index contributed by atoms with van der Waals surface area (Å²) in [6.45, 7) is 15.5. The van der Waals surface area contributed by atoms with Crippen LogP contribution in [0.15, 0.2) is 95.0 Å². The maximum absolute atomic E-state index is 12.9. The summed E-state index contributed by atoms with van der Waals surface area (Å²) in [4.78, 5) is 20.4. The van der Waals surface area contributed by atoms with E-state index in [1.54, 1.807) is 90.4 Å². The van der Waals surface area contributed by atoms with Gasteiger partial charge in [-0.3, -0.25) is 0 Å². The molecule has 2 heterocycles. The number of para-hydroxylation sites is 2. The van der Waals surface area contributed by atoms with Crippen molar-refractivity contribution < 1.29 is 26.3 Å². The van der Waals surface area contributed by atoms with E-state index < -0.39 is 30.2 Å². The highest BCUT2D eigenvalue weighted by molar-refractivity contribution is 7.92. The van der Waals surface area contributed by atoms with Crippen LogP contribution in [0.2, 0.25) is 10.0 Å². The number of ether oxygens (including phenoxy) is 2. The Kier molecular flexibility index (Phi) is 16.8. The van der Waals surface area contributed by atoms with Crippen LogP contribution in [0.25, 0.3) is 0 Å². The van der Waals surface area contributed by atoms with Crippen LogP contribution in [0.3, 0.4) is 0 Å². The normalized spacial score (nSPS) is 16.9. The monoisotopic (exact) mass is 1090 g/mol. The van der Waals surface area contributed by atoms with Gasteiger partial charge in [0.1, 0.15) is 21.5 Å². The molecule has 0 saturated carbocycles. The van der Waals surface area contributed by atoms with E-state index in [9.17, 15) is 16.8 Å². The van der Waals surface area contributed by atoms with Gasteiger partial charge in [0.05, 0.1) is 69.7 Å². The Bertz CT molecular complexity index is 3260. The van der Waals surface area contributed by atoms with E-state index in [-0.39, 0.29) is 48.5 Å². The minimum Gasteiger partial charge on any atom is -0.495 e. The van der Waals surface area contributed by atoms with Crippen LogP contribution >= 0.6 is 23.2 Å². The molecule has 6 aromatic rings. The minimum absolute atomic E-state index is 0.0412. The fraction of sp³-hybridized carbons (Fsp3) is 0.407. The quantitative estimate of drug-likeness (QED) is 0.0646. The molecule has 2 unspecified atom stereocenters. The number of aromatic nitrogens is 4. The van der Waals surface area contributed by atoms with Crippen LogP contribution < -0.4 is 36.5 Å². The Morgan fingerprint density at radius 1 is 0.622 bits per heavy atom. The van der Waals surface area contributed by atoms with Crippen LogP contribution in [0.4, 0.5) is 46.3 Å². The number of nitrogens with one attached hydrogen (secondary N) is 4. The van der Waals surface area contributed by atoms with Crippen LogP contribution in [0.1, 0.15) is 90.5 Å². The predicted octanol–water partition coefficient (Wildman–Crippen LogP) is 11.3. The van der Waals surface area contributed by atoms with Crippen molar-refractivity contribution in [3.8, 4) is 11.5 Å². The molecule has 0 saturated heterocycles. The third kappa shape index (κ3) is 11.5. The van der Waals surface area contributed by atoms with E-state index in [0.717, 1.165) is 37.1 Å². The summed E-state index contributed by atoms with van der Waals surface area (Å²) < 4.78 is 62.9. The first kappa shape index (κ1) is 56.0. The molecule has 16 nitrogen and oxygen atoms in total. The maximum Gasteiger partial charge on any atom is 0.229 e. The molecule has 20 heteroatoms. The van der Waals surface area contributed by atoms with Crippen molar-refractivity contribution in [1.82, 2.24) is 24.8 Å². The molecule has 2 aliphatic rings. The number of rotatable bonds is 15. The van der Waals surface area contributed by atoms with E-state index in [1.165, 1.54) is 34.6 Å². The van der Waals surface area contributed by atoms with Crippen LogP contribution in [-0.4, -0.2) is 92.6 Å². The van der Waals surface area contributed by atoms with Crippen molar-refractivity contribution in [3.63, 3.8) is 0 Å². The second-order valence-electron chi connectivity index (χ2n) is 20.5. The van der Waals surface area contributed by atoms with Crippen molar-refractivity contribution in [2.24, 2.45) is 5.73 Å². The van der Waals surface area contributed by atoms with Crippen molar-refractivity contribution >= 4 is 89.2 Å². The largest absolute Gasteiger partial charge is 0.495 e. The zero-order chi connectivity index (χ0) is 54.1. The second kappa shape index (κ2) is 22.2. The summed E-state index contributed by atoms with van der Waals surface area (Å²) in [5.74, 6) is 2.51. The Balaban J connectivity index is 0.000000217. The molecule has 2 aliphatic carbocycles. The number of fused-ring (bicyclic) bond motifs is 2. The summed E-state index contributed by atoms with van der Waals surface area (Å²) in [6.07, 6.45) is 6.73. The molecule has 0 radical (unpaired) electrons. The van der Waals surface area contributed by atoms with E-state index in [2.05, 4.69) is 106 Å². The lowest BCUT2D eigenvalue weighted by atomic mass is 9.68. The number of likely N-dealkylation sites (N-methyl/N-ethyl adjacent to an activating group) is 1. The molecule has 74 heavy (non-hydrogen) atoms. The Labute approximate surface area is 446 Å². The lowest BCUT2D eigenvalue weighted by Gasteiger charge is -2.44. The third-order valence-corrected chi connectivity index (χ3v) is 19.1. The van der Waals surface area contributed by atoms with Crippen molar-refractivity contribution in [3.05, 3.63) is 117 Å². The van der Waals surface area contributed by atoms with Crippen LogP contribution in [-0.2, 0) is 43.3 Å². The number of hydrogen-bond acceptors (Lipinski definition) is 16. The number of sulfone groups is 2. The average molecular weight is 1090 g/mol.